The number of nitrogens with zero attached hydrogens (tertiary/aromatic N) is 9. The summed E-state index contributed by atoms with van der Waals surface area (Å²) in [5.41, 5.74) is 3.06. The molecule has 5 aromatic heterocycles. The number of carbonyl (C=O) groups excluding carboxylic acids is 3. The number of benzene rings is 1. The van der Waals surface area contributed by atoms with Gasteiger partial charge in [0, 0.05) is 76.3 Å². The number of thiophene rings is 1. The fourth-order valence-electron chi connectivity index (χ4n) is 11.0. The number of thiazole rings is 1. The number of aromatic nitrogens is 5. The van der Waals surface area contributed by atoms with Gasteiger partial charge < -0.3 is 44.7 Å². The van der Waals surface area contributed by atoms with Crippen molar-refractivity contribution in [2.75, 3.05) is 93.7 Å². The highest BCUT2D eigenvalue weighted by Gasteiger charge is 2.31. The fourth-order valence-corrected chi connectivity index (χ4v) is 14.4. The normalized spacial score (nSPS) is 19.4. The third-order valence-corrected chi connectivity index (χ3v) is 19.4. The Morgan fingerprint density at radius 2 is 1.65 bits per heavy atom. The van der Waals surface area contributed by atoms with Crippen molar-refractivity contribution >= 4 is 94.2 Å². The zero-order valence-corrected chi connectivity index (χ0v) is 45.9. The number of aliphatic hydroxyl groups excluding tert-OH is 1. The van der Waals surface area contributed by atoms with Gasteiger partial charge in [-0.2, -0.15) is 10.1 Å². The van der Waals surface area contributed by atoms with Crippen molar-refractivity contribution in [1.29, 1.82) is 0 Å². The topological polar surface area (TPSA) is 243 Å². The van der Waals surface area contributed by atoms with E-state index in [9.17, 15) is 27.9 Å². The summed E-state index contributed by atoms with van der Waals surface area (Å²) < 4.78 is 48.5. The quantitative estimate of drug-likeness (QED) is 0.0472. The molecule has 0 spiro atoms. The monoisotopic (exact) mass is 1110 g/mol. The van der Waals surface area contributed by atoms with Crippen LogP contribution in [0.25, 0.3) is 21.3 Å². The lowest BCUT2D eigenvalue weighted by Crippen LogP contribution is -2.46. The minimum atomic E-state index is -3.85. The molecular formula is C53H70N12O9S3. The van der Waals surface area contributed by atoms with Crippen LogP contribution in [0.15, 0.2) is 69.1 Å². The van der Waals surface area contributed by atoms with Gasteiger partial charge in [-0.05, 0) is 107 Å². The molecule has 3 saturated heterocycles. The summed E-state index contributed by atoms with van der Waals surface area (Å²) in [4.78, 5) is 59.8. The second-order valence-electron chi connectivity index (χ2n) is 20.4. The number of likely N-dealkylation sites (tertiary alicyclic amines) is 2. The molecule has 21 nitrogen and oxygen atoms in total. The highest BCUT2D eigenvalue weighted by Crippen LogP contribution is 2.35. The second kappa shape index (κ2) is 25.8. The highest BCUT2D eigenvalue weighted by atomic mass is 32.2. The summed E-state index contributed by atoms with van der Waals surface area (Å²) in [6, 6.07) is 10.9. The van der Waals surface area contributed by atoms with E-state index >= 15 is 0 Å². The number of hydrogen-bond donors (Lipinski definition) is 4. The second-order valence-corrected chi connectivity index (χ2v) is 24.5. The number of unbranched alkanes of at least 4 members (excludes halogenated alkanes) is 3. The number of amides is 3. The number of sulfonamides is 1. The average Bonchev–Trinajstić information content (AvgIpc) is 4.33. The van der Waals surface area contributed by atoms with E-state index in [0.29, 0.717) is 97.2 Å². The molecule has 0 atom stereocenters. The van der Waals surface area contributed by atoms with Gasteiger partial charge in [-0.15, -0.1) is 11.3 Å². The van der Waals surface area contributed by atoms with Crippen LogP contribution in [0.2, 0.25) is 0 Å². The van der Waals surface area contributed by atoms with Gasteiger partial charge in [0.2, 0.25) is 29.3 Å². The van der Waals surface area contributed by atoms with Crippen LogP contribution >= 0.6 is 22.7 Å². The molecule has 24 heteroatoms. The number of aliphatic hydroxyl groups is 1. The maximum Gasteiger partial charge on any atom is 0.273 e. The summed E-state index contributed by atoms with van der Waals surface area (Å²) in [6.45, 7) is 7.31. The molecule has 1 aliphatic carbocycles. The van der Waals surface area contributed by atoms with Crippen molar-refractivity contribution in [2.24, 2.45) is 5.92 Å². The minimum absolute atomic E-state index is 0.0300. The van der Waals surface area contributed by atoms with Crippen molar-refractivity contribution in [3.8, 4) is 5.88 Å². The lowest BCUT2D eigenvalue weighted by atomic mass is 9.91. The molecule has 6 aromatic rings. The first-order chi connectivity index (χ1) is 37.6. The smallest absolute Gasteiger partial charge is 0.273 e. The van der Waals surface area contributed by atoms with Gasteiger partial charge in [-0.25, -0.2) is 18.4 Å². The molecule has 0 radical (unpaired) electrons. The molecule has 4 fully saturated rings. The van der Waals surface area contributed by atoms with Crippen molar-refractivity contribution in [2.45, 2.75) is 112 Å². The van der Waals surface area contributed by atoms with E-state index in [0.717, 1.165) is 125 Å². The molecule has 1 saturated carbocycles. The molecule has 414 valence electrons. The molecular weight excluding hydrogens is 1040 g/mol. The van der Waals surface area contributed by atoms with E-state index in [1.165, 1.54) is 21.7 Å². The molecule has 3 amide bonds. The number of anilines is 4. The third-order valence-electron chi connectivity index (χ3n) is 15.3. The van der Waals surface area contributed by atoms with Crippen molar-refractivity contribution in [1.82, 2.24) is 44.7 Å². The summed E-state index contributed by atoms with van der Waals surface area (Å²) in [5, 5.41) is 25.8. The van der Waals surface area contributed by atoms with Crippen LogP contribution in [-0.2, 0) is 29.1 Å². The van der Waals surface area contributed by atoms with Crippen LogP contribution in [0, 0.1) is 5.92 Å². The zero-order chi connectivity index (χ0) is 53.1. The number of morpholine rings is 1. The van der Waals surface area contributed by atoms with Gasteiger partial charge in [0.25, 0.3) is 15.9 Å². The van der Waals surface area contributed by atoms with Crippen LogP contribution in [0.5, 0.6) is 5.88 Å². The summed E-state index contributed by atoms with van der Waals surface area (Å²) in [6.07, 6.45) is 16.9. The summed E-state index contributed by atoms with van der Waals surface area (Å²) >= 11 is 2.40. The Morgan fingerprint density at radius 3 is 2.42 bits per heavy atom. The molecule has 0 bridgehead atoms. The Labute approximate surface area is 456 Å². The average molecular weight is 1120 g/mol. The molecule has 4 aliphatic rings. The Hall–Kier alpha value is -5.76. The molecule has 0 unspecified atom stereocenters. The number of rotatable bonds is 23. The van der Waals surface area contributed by atoms with Crippen LogP contribution in [-0.4, -0.2) is 162 Å². The predicted octanol–water partition coefficient (Wildman–Crippen LogP) is 7.01. The number of fused-ring (bicyclic) bond motifs is 2. The first-order valence-electron chi connectivity index (χ1n) is 27.3. The van der Waals surface area contributed by atoms with Gasteiger partial charge in [0.05, 0.1) is 66.5 Å². The standard InChI is InChI=1S/C53H70N12O9S3/c66-29-26-65(77(70,71)48-8-5-33-75-48)41-11-14-43-45(34-41)76-53(58-43)59-50(69)37-15-21-61(22-16-37)25-20-54-46(67)6-3-1-2-4-7-47(68)63-23-17-40(18-24-63)64-36-38(35-55-64)56-52-57-44-19-30-73-49(44)51(60-52)74-42-12-9-39(10-13-42)62-27-31-72-32-28-62/h5,8,11,14,19,30,33-37,39-40,42,66H,1-4,6-7,9-10,12-13,15-18,20-29,31-32H2,(H,54,67)(H,56,57,60)(H,58,59,69). The van der Waals surface area contributed by atoms with Crippen molar-refractivity contribution < 1.29 is 41.8 Å². The Kier molecular flexibility index (Phi) is 18.3. The van der Waals surface area contributed by atoms with Gasteiger partial charge in [-0.3, -0.25) is 28.3 Å². The maximum atomic E-state index is 13.3. The van der Waals surface area contributed by atoms with E-state index in [4.69, 9.17) is 18.9 Å². The van der Waals surface area contributed by atoms with Crippen molar-refractivity contribution in [3.05, 3.63) is 60.4 Å². The van der Waals surface area contributed by atoms with E-state index in [1.807, 2.05) is 21.8 Å². The van der Waals surface area contributed by atoms with E-state index in [-0.39, 0.29) is 53.1 Å². The van der Waals surface area contributed by atoms with Crippen LogP contribution in [0.3, 0.4) is 0 Å². The number of nitrogens with one attached hydrogen (secondary N) is 3. The Bertz CT molecular complexity index is 3010. The molecule has 3 aliphatic heterocycles. The predicted molar refractivity (Wildman–Crippen MR) is 295 cm³/mol. The Balaban J connectivity index is 0.569. The largest absolute Gasteiger partial charge is 0.472 e. The highest BCUT2D eigenvalue weighted by molar-refractivity contribution is 7.94. The Morgan fingerprint density at radius 1 is 0.857 bits per heavy atom. The maximum absolute atomic E-state index is 13.3. The van der Waals surface area contributed by atoms with E-state index < -0.39 is 10.0 Å². The van der Waals surface area contributed by atoms with E-state index in [2.05, 4.69) is 40.8 Å². The van der Waals surface area contributed by atoms with Crippen LogP contribution in [0.4, 0.5) is 22.5 Å². The number of hydrogen-bond acceptors (Lipinski definition) is 18. The molecule has 4 N–H and O–H groups in total. The first kappa shape index (κ1) is 54.6. The SMILES string of the molecule is O=C(CCCCCCC(=O)N1CCC(n2cc(Nc3nc(OC4CCC(N5CCOCC5)CC4)c4occc4n3)cn2)CC1)NCCN1CCC(C(=O)Nc2nc3ccc(N(CCO)S(=O)(=O)c4cccs4)cc3s2)CC1. The number of carbonyl (C=O) groups is 3. The van der Waals surface area contributed by atoms with Crippen molar-refractivity contribution in [3.63, 3.8) is 0 Å². The van der Waals surface area contributed by atoms with Crippen LogP contribution < -0.4 is 25.0 Å². The van der Waals surface area contributed by atoms with Gasteiger partial charge in [0.15, 0.2) is 5.13 Å². The van der Waals surface area contributed by atoms with Gasteiger partial charge >= 0.3 is 0 Å². The lowest BCUT2D eigenvalue weighted by Gasteiger charge is -2.38. The van der Waals surface area contributed by atoms with Crippen LogP contribution in [0.1, 0.15) is 95.9 Å². The number of ether oxygens (including phenoxy) is 2. The number of furan rings is 1. The molecule has 77 heavy (non-hydrogen) atoms. The van der Waals surface area contributed by atoms with Gasteiger partial charge in [-0.1, -0.05) is 30.2 Å². The zero-order valence-electron chi connectivity index (χ0n) is 43.4. The summed E-state index contributed by atoms with van der Waals surface area (Å²) in [7, 11) is -3.85. The van der Waals surface area contributed by atoms with E-state index in [1.54, 1.807) is 42.1 Å². The van der Waals surface area contributed by atoms with Gasteiger partial charge in [0.1, 0.15) is 15.8 Å². The third kappa shape index (κ3) is 13.9. The fraction of sp³-hybridized carbons (Fsp3) is 0.566. The molecule has 1 aromatic carbocycles. The molecule has 10 rings (SSSR count). The minimum Gasteiger partial charge on any atom is -0.472 e. The lowest BCUT2D eigenvalue weighted by molar-refractivity contribution is -0.132. The molecule has 8 heterocycles. The number of piperidine rings is 2. The first-order valence-corrected chi connectivity index (χ1v) is 30.4. The summed E-state index contributed by atoms with van der Waals surface area (Å²) in [5.74, 6) is 0.825.